The van der Waals surface area contributed by atoms with Crippen LogP contribution in [0.15, 0.2) is 30.3 Å². The van der Waals surface area contributed by atoms with E-state index in [1.807, 2.05) is 0 Å². The van der Waals surface area contributed by atoms with Gasteiger partial charge in [-0.2, -0.15) is 0 Å². The molecule has 9 heavy (non-hydrogen) atoms. The Bertz CT molecular complexity index is 189. The Labute approximate surface area is 56.7 Å². The topological polar surface area (TPSA) is 0 Å². The first-order chi connectivity index (χ1) is 4.47. The molecule has 0 bridgehead atoms. The zero-order chi connectivity index (χ0) is 6.10. The van der Waals surface area contributed by atoms with Crippen LogP contribution in [0.2, 0.25) is 0 Å². The Kier molecular flexibility index (Phi) is 1.28. The van der Waals surface area contributed by atoms with E-state index in [0.717, 1.165) is 0 Å². The van der Waals surface area contributed by atoms with Crippen LogP contribution in [-0.2, 0) is 0 Å². The smallest absolute Gasteiger partial charge is 0.0240 e. The lowest BCUT2D eigenvalue weighted by atomic mass is 10.4. The van der Waals surface area contributed by atoms with Crippen molar-refractivity contribution < 1.29 is 0 Å². The van der Waals surface area contributed by atoms with E-state index in [0.29, 0.717) is 7.92 Å². The molecule has 1 heteroatoms. The minimum absolute atomic E-state index is 0.354. The van der Waals surface area contributed by atoms with Crippen LogP contribution in [0.25, 0.3) is 0 Å². The predicted octanol–water partition coefficient (Wildman–Crippen LogP) is 1.81. The van der Waals surface area contributed by atoms with Crippen molar-refractivity contribution in [2.75, 3.05) is 12.3 Å². The fourth-order valence-electron chi connectivity index (χ4n) is 0.947. The van der Waals surface area contributed by atoms with Crippen molar-refractivity contribution in [3.05, 3.63) is 30.3 Å². The third-order valence-corrected chi connectivity index (χ3v) is 3.49. The molecule has 0 aromatic heterocycles. The van der Waals surface area contributed by atoms with E-state index in [1.165, 1.54) is 12.3 Å². The minimum atomic E-state index is 0.354. The molecule has 1 aliphatic rings. The molecule has 0 aliphatic carbocycles. The van der Waals surface area contributed by atoms with Gasteiger partial charge in [-0.3, -0.25) is 0 Å². The van der Waals surface area contributed by atoms with Crippen molar-refractivity contribution in [2.24, 2.45) is 0 Å². The fourth-order valence-corrected chi connectivity index (χ4v) is 2.46. The van der Waals surface area contributed by atoms with Gasteiger partial charge in [0, 0.05) is 0 Å². The summed E-state index contributed by atoms with van der Waals surface area (Å²) in [5, 5.41) is 1.59. The monoisotopic (exact) mass is 136 g/mol. The van der Waals surface area contributed by atoms with Crippen LogP contribution >= 0.6 is 7.92 Å². The van der Waals surface area contributed by atoms with Gasteiger partial charge in [0.25, 0.3) is 0 Å². The highest BCUT2D eigenvalue weighted by Gasteiger charge is 2.21. The molecule has 46 valence electrons. The van der Waals surface area contributed by atoms with E-state index in [2.05, 4.69) is 30.3 Å². The molecule has 1 aliphatic heterocycles. The molecule has 0 nitrogen and oxygen atoms in total. The number of benzene rings is 1. The van der Waals surface area contributed by atoms with Gasteiger partial charge in [0.2, 0.25) is 0 Å². The third kappa shape index (κ3) is 1.14. The van der Waals surface area contributed by atoms with Crippen LogP contribution in [0.1, 0.15) is 0 Å². The van der Waals surface area contributed by atoms with Gasteiger partial charge < -0.3 is 0 Å². The van der Waals surface area contributed by atoms with Crippen molar-refractivity contribution in [1.82, 2.24) is 0 Å². The first-order valence-corrected chi connectivity index (χ1v) is 4.98. The number of rotatable bonds is 1. The third-order valence-electron chi connectivity index (χ3n) is 1.57. The summed E-state index contributed by atoms with van der Waals surface area (Å²) in [7, 11) is 0.354. The quantitative estimate of drug-likeness (QED) is 0.516. The second-order valence-corrected chi connectivity index (χ2v) is 4.81. The largest absolute Gasteiger partial charge is 0.0746 e. The lowest BCUT2D eigenvalue weighted by Gasteiger charge is -1.92. The second-order valence-electron chi connectivity index (χ2n) is 2.32. The van der Waals surface area contributed by atoms with E-state index in [-0.39, 0.29) is 0 Å². The van der Waals surface area contributed by atoms with Gasteiger partial charge in [-0.1, -0.05) is 38.3 Å². The maximum Gasteiger partial charge on any atom is -0.0240 e. The standard InChI is InChI=1S/C8H9P/c1-2-4-8(5-3-1)9-6-7-9/h1-5H,6-7H2. The van der Waals surface area contributed by atoms with Crippen molar-refractivity contribution in [3.8, 4) is 0 Å². The summed E-state index contributed by atoms with van der Waals surface area (Å²) in [6.07, 6.45) is 2.94. The van der Waals surface area contributed by atoms with Crippen LogP contribution in [0.4, 0.5) is 0 Å². The fraction of sp³-hybridized carbons (Fsp3) is 0.250. The van der Waals surface area contributed by atoms with Crippen molar-refractivity contribution in [1.29, 1.82) is 0 Å². The SMILES string of the molecule is c1ccc(P2CC2)cc1. The Balaban J connectivity index is 2.29. The molecular weight excluding hydrogens is 127 g/mol. The Morgan fingerprint density at radius 3 is 2.22 bits per heavy atom. The summed E-state index contributed by atoms with van der Waals surface area (Å²) in [6.45, 7) is 0. The predicted molar refractivity (Wildman–Crippen MR) is 42.7 cm³/mol. The van der Waals surface area contributed by atoms with Crippen LogP contribution < -0.4 is 5.30 Å². The van der Waals surface area contributed by atoms with Crippen LogP contribution in [0, 0.1) is 0 Å². The molecule has 0 atom stereocenters. The molecule has 0 N–H and O–H groups in total. The Hall–Kier alpha value is -0.350. The van der Waals surface area contributed by atoms with Crippen LogP contribution in [0.3, 0.4) is 0 Å². The van der Waals surface area contributed by atoms with Crippen LogP contribution in [0.5, 0.6) is 0 Å². The van der Waals surface area contributed by atoms with Gasteiger partial charge in [-0.05, 0) is 17.6 Å². The average molecular weight is 136 g/mol. The van der Waals surface area contributed by atoms with Gasteiger partial charge in [0.1, 0.15) is 0 Å². The maximum absolute atomic E-state index is 2.25. The van der Waals surface area contributed by atoms with E-state index in [4.69, 9.17) is 0 Å². The summed E-state index contributed by atoms with van der Waals surface area (Å²) in [4.78, 5) is 0. The van der Waals surface area contributed by atoms with Crippen molar-refractivity contribution in [2.45, 2.75) is 0 Å². The lowest BCUT2D eigenvalue weighted by molar-refractivity contribution is 1.75. The summed E-state index contributed by atoms with van der Waals surface area (Å²) in [6, 6.07) is 10.9. The highest BCUT2D eigenvalue weighted by molar-refractivity contribution is 7.72. The first kappa shape index (κ1) is 5.44. The molecule has 0 saturated carbocycles. The van der Waals surface area contributed by atoms with Gasteiger partial charge >= 0.3 is 0 Å². The Morgan fingerprint density at radius 1 is 1.00 bits per heavy atom. The zero-order valence-corrected chi connectivity index (χ0v) is 6.14. The summed E-state index contributed by atoms with van der Waals surface area (Å²) < 4.78 is 0. The van der Waals surface area contributed by atoms with Crippen molar-refractivity contribution in [3.63, 3.8) is 0 Å². The number of hydrogen-bond donors (Lipinski definition) is 0. The van der Waals surface area contributed by atoms with Gasteiger partial charge in [-0.25, -0.2) is 0 Å². The van der Waals surface area contributed by atoms with E-state index < -0.39 is 0 Å². The average Bonchev–Trinajstić information content (AvgIpc) is 2.71. The van der Waals surface area contributed by atoms with E-state index in [9.17, 15) is 0 Å². The van der Waals surface area contributed by atoms with Crippen molar-refractivity contribution >= 4 is 13.2 Å². The molecule has 0 unspecified atom stereocenters. The molecular formula is C8H9P. The number of hydrogen-bond acceptors (Lipinski definition) is 0. The van der Waals surface area contributed by atoms with Crippen LogP contribution in [-0.4, -0.2) is 12.3 Å². The molecule has 1 saturated heterocycles. The molecule has 1 heterocycles. The molecule has 0 radical (unpaired) electrons. The van der Waals surface area contributed by atoms with E-state index >= 15 is 0 Å². The lowest BCUT2D eigenvalue weighted by Crippen LogP contribution is -1.89. The van der Waals surface area contributed by atoms with Gasteiger partial charge in [0.05, 0.1) is 0 Å². The first-order valence-electron chi connectivity index (χ1n) is 3.27. The van der Waals surface area contributed by atoms with E-state index in [1.54, 1.807) is 5.30 Å². The summed E-state index contributed by atoms with van der Waals surface area (Å²) in [5.41, 5.74) is 0. The van der Waals surface area contributed by atoms with Gasteiger partial charge in [-0.15, -0.1) is 0 Å². The maximum atomic E-state index is 2.25. The summed E-state index contributed by atoms with van der Waals surface area (Å²) >= 11 is 0. The molecule has 0 amide bonds. The van der Waals surface area contributed by atoms with Gasteiger partial charge in [0.15, 0.2) is 0 Å². The molecule has 1 aromatic rings. The highest BCUT2D eigenvalue weighted by atomic mass is 31.1. The highest BCUT2D eigenvalue weighted by Crippen LogP contribution is 2.48. The molecule has 1 fully saturated rings. The zero-order valence-electron chi connectivity index (χ0n) is 5.25. The Morgan fingerprint density at radius 2 is 1.67 bits per heavy atom. The normalized spacial score (nSPS) is 17.8. The molecule has 0 spiro atoms. The molecule has 2 rings (SSSR count). The molecule has 1 aromatic carbocycles. The second kappa shape index (κ2) is 2.11. The summed E-state index contributed by atoms with van der Waals surface area (Å²) in [5.74, 6) is 0. The minimum Gasteiger partial charge on any atom is -0.0746 e.